The van der Waals surface area contributed by atoms with E-state index in [4.69, 9.17) is 39.5 Å². The number of hydrogen-bond donors (Lipinski definition) is 6. The Hall–Kier alpha value is -4.23. The van der Waals surface area contributed by atoms with Gasteiger partial charge in [-0.3, -0.25) is 27.5 Å². The van der Waals surface area contributed by atoms with E-state index in [1.165, 1.54) is 36.3 Å². The lowest BCUT2D eigenvalue weighted by Crippen LogP contribution is -2.50. The van der Waals surface area contributed by atoms with E-state index < -0.39 is 101 Å². The van der Waals surface area contributed by atoms with Crippen molar-refractivity contribution in [1.82, 2.24) is 34.0 Å². The third kappa shape index (κ3) is 11.7. The first-order chi connectivity index (χ1) is 27.6. The molecule has 326 valence electrons. The number of amides is 1. The zero-order chi connectivity index (χ0) is 43.4. The Morgan fingerprint density at radius 2 is 1.81 bits per heavy atom. The maximum Gasteiger partial charge on any atom is 0.472 e. The van der Waals surface area contributed by atoms with Crippen molar-refractivity contribution in [2.45, 2.75) is 94.7 Å². The number of carbonyl (C=O) groups is 2. The zero-order valence-electron chi connectivity index (χ0n) is 32.3. The molecule has 0 aromatic carbocycles. The molecule has 0 radical (unpaired) electrons. The van der Waals surface area contributed by atoms with E-state index in [0.29, 0.717) is 6.42 Å². The number of phosphoric acid groups is 2. The minimum atomic E-state index is -5.22. The van der Waals surface area contributed by atoms with Crippen molar-refractivity contribution in [3.05, 3.63) is 48.1 Å². The lowest BCUT2D eigenvalue weighted by Gasteiger charge is -2.31. The van der Waals surface area contributed by atoms with Gasteiger partial charge >= 0.3 is 27.3 Å². The molecule has 25 nitrogen and oxygen atoms in total. The topological polar surface area (TPSA) is 348 Å². The number of fused-ring (bicyclic) bond motifs is 1. The van der Waals surface area contributed by atoms with Gasteiger partial charge in [0.2, 0.25) is 5.91 Å². The number of likely N-dealkylation sites (N-methyl/N-ethyl adjacent to an activating group) is 1. The fourth-order valence-corrected chi connectivity index (χ4v) is 7.36. The molecule has 27 heteroatoms. The van der Waals surface area contributed by atoms with Crippen molar-refractivity contribution in [1.29, 1.82) is 0 Å². The number of rotatable bonds is 18. The fraction of sp³-hybridized carbons (Fsp3) is 0.594. The van der Waals surface area contributed by atoms with Crippen molar-refractivity contribution in [2.24, 2.45) is 0 Å². The highest BCUT2D eigenvalue weighted by Gasteiger charge is 2.50. The summed E-state index contributed by atoms with van der Waals surface area (Å²) in [6, 6.07) is -0.0561. The molecular weight excluding hydrogens is 828 g/mol. The molecule has 0 spiro atoms. The number of nitrogens with two attached hydrogens (primary N) is 2. The van der Waals surface area contributed by atoms with E-state index in [0.717, 1.165) is 15.8 Å². The number of aliphatic hydroxyl groups is 1. The van der Waals surface area contributed by atoms with Gasteiger partial charge in [0.15, 0.2) is 29.8 Å². The van der Waals surface area contributed by atoms with Gasteiger partial charge in [0.25, 0.3) is 0 Å². The molecule has 3 aromatic heterocycles. The summed E-state index contributed by atoms with van der Waals surface area (Å²) in [7, 11) is -8.91. The summed E-state index contributed by atoms with van der Waals surface area (Å²) in [6.45, 7) is 6.78. The highest BCUT2D eigenvalue weighted by Crippen LogP contribution is 2.50. The number of esters is 1. The van der Waals surface area contributed by atoms with Gasteiger partial charge < -0.3 is 55.1 Å². The predicted molar refractivity (Wildman–Crippen MR) is 201 cm³/mol. The molecule has 2 unspecified atom stereocenters. The van der Waals surface area contributed by atoms with E-state index in [1.807, 2.05) is 0 Å². The van der Waals surface area contributed by atoms with Crippen LogP contribution in [0.5, 0.6) is 0 Å². The molecule has 1 amide bonds. The number of nitrogens with zero attached hydrogens (tertiary/aromatic N) is 7. The van der Waals surface area contributed by atoms with Gasteiger partial charge in [0.05, 0.1) is 31.7 Å². The minimum Gasteiger partial charge on any atom is -0.455 e. The average Bonchev–Trinajstić information content (AvgIpc) is 3.83. The van der Waals surface area contributed by atoms with Crippen LogP contribution in [0.15, 0.2) is 42.4 Å². The number of allylic oxidation sites excluding steroid dienone is 1. The summed E-state index contributed by atoms with van der Waals surface area (Å²) < 4.78 is 66.0. The third-order valence-electron chi connectivity index (χ3n) is 9.01. The highest BCUT2D eigenvalue weighted by atomic mass is 31.2. The molecular formula is C32H47N9O16P2. The summed E-state index contributed by atoms with van der Waals surface area (Å²) in [5.41, 5.74) is 10.2. The highest BCUT2D eigenvalue weighted by molar-refractivity contribution is 7.47. The summed E-state index contributed by atoms with van der Waals surface area (Å²) >= 11 is 0. The molecule has 8 N–H and O–H groups in total. The van der Waals surface area contributed by atoms with E-state index in [1.54, 1.807) is 20.8 Å². The standard InChI is InChI=1S/C32H47N9O16P2/c1-6-7-8-22(42)39(5)17(12-51-32(2,3)4)30(44)56-26-20(55-29(25(26)43)41-16-37-24-27(34)35-15-36-28(24)41)14-53-59(49,50)57-18-11-23(40-10-9-21(33)38-31(40)45)54-19(18)13-52-58(46,47)48/h6,9-10,15-20,23,25-26,29,43H,1,7-8,11-14H2,2-5H3,(H,49,50)(H2,33,38,45)(H2,34,35,36)(H2,46,47,48)/t17-,18?,19+,20+,23+,25+,26+,29+/m0/s1. The molecule has 2 aliphatic heterocycles. The quantitative estimate of drug-likeness (QED) is 0.0553. The average molecular weight is 876 g/mol. The summed E-state index contributed by atoms with van der Waals surface area (Å²) in [4.78, 5) is 86.0. The van der Waals surface area contributed by atoms with Crippen molar-refractivity contribution in [2.75, 3.05) is 38.3 Å². The van der Waals surface area contributed by atoms with Crippen molar-refractivity contribution in [3.63, 3.8) is 0 Å². The van der Waals surface area contributed by atoms with E-state index >= 15 is 0 Å². The minimum absolute atomic E-state index is 0.00785. The Morgan fingerprint density at radius 1 is 1.10 bits per heavy atom. The third-order valence-corrected chi connectivity index (χ3v) is 10.5. The van der Waals surface area contributed by atoms with Crippen LogP contribution < -0.4 is 17.2 Å². The Kier molecular flexibility index (Phi) is 14.4. The zero-order valence-corrected chi connectivity index (χ0v) is 34.1. The normalized spacial score (nSPS) is 25.1. The van der Waals surface area contributed by atoms with Crippen LogP contribution >= 0.6 is 15.6 Å². The van der Waals surface area contributed by atoms with Crippen LogP contribution in [-0.2, 0) is 51.2 Å². The maximum absolute atomic E-state index is 13.9. The first kappa shape index (κ1) is 45.8. The second-order valence-corrected chi connectivity index (χ2v) is 17.1. The molecule has 5 rings (SSSR count). The lowest BCUT2D eigenvalue weighted by atomic mass is 10.1. The SMILES string of the molecule is C=CCCC(=O)N(C)[C@@H](COC(C)(C)C)C(=O)O[C@H]1[C@@H](O)[C@H](n2cnc3c(N)ncnc32)O[C@@H]1COP(=O)(O)OC1C[C@H](n2ccc(N)nc2=O)O[C@@H]1COP(=O)(O)O. The van der Waals surface area contributed by atoms with Crippen molar-refractivity contribution < 1.29 is 71.0 Å². The number of hydrogen-bond acceptors (Lipinski definition) is 19. The van der Waals surface area contributed by atoms with Crippen molar-refractivity contribution in [3.8, 4) is 0 Å². The van der Waals surface area contributed by atoms with Crippen LogP contribution in [0.25, 0.3) is 11.2 Å². The number of aliphatic hydroxyl groups excluding tert-OH is 1. The van der Waals surface area contributed by atoms with Crippen LogP contribution in [-0.4, -0.2) is 135 Å². The molecule has 59 heavy (non-hydrogen) atoms. The van der Waals surface area contributed by atoms with Crippen molar-refractivity contribution >= 4 is 50.3 Å². The Bertz CT molecular complexity index is 2140. The molecule has 9 atom stereocenters. The first-order valence-electron chi connectivity index (χ1n) is 17.9. The van der Waals surface area contributed by atoms with Gasteiger partial charge in [0, 0.05) is 26.1 Å². The number of nitrogen functional groups attached to an aromatic ring is 2. The fourth-order valence-electron chi connectivity index (χ4n) is 6.06. The van der Waals surface area contributed by atoms with Gasteiger partial charge in [-0.2, -0.15) is 4.98 Å². The van der Waals surface area contributed by atoms with Crippen LogP contribution in [0.4, 0.5) is 11.6 Å². The van der Waals surface area contributed by atoms with Gasteiger partial charge in [0.1, 0.15) is 48.3 Å². The second kappa shape index (κ2) is 18.6. The van der Waals surface area contributed by atoms with Crippen LogP contribution in [0.3, 0.4) is 0 Å². The van der Waals surface area contributed by atoms with Crippen LogP contribution in [0, 0.1) is 0 Å². The van der Waals surface area contributed by atoms with Crippen LogP contribution in [0.1, 0.15) is 52.5 Å². The molecule has 3 aromatic rings. The van der Waals surface area contributed by atoms with Gasteiger partial charge in [-0.25, -0.2) is 33.7 Å². The Balaban J connectivity index is 1.39. The maximum atomic E-state index is 13.9. The molecule has 0 bridgehead atoms. The molecule has 0 aliphatic carbocycles. The Labute approximate surface area is 336 Å². The lowest BCUT2D eigenvalue weighted by molar-refractivity contribution is -0.169. The number of aromatic nitrogens is 6. The van der Waals surface area contributed by atoms with Gasteiger partial charge in [-0.1, -0.05) is 6.08 Å². The molecule has 2 aliphatic rings. The number of carbonyl (C=O) groups excluding carboxylic acids is 2. The smallest absolute Gasteiger partial charge is 0.455 e. The molecule has 5 heterocycles. The van der Waals surface area contributed by atoms with E-state index in [9.17, 15) is 43.3 Å². The predicted octanol–water partition coefficient (Wildman–Crippen LogP) is -0.0750. The van der Waals surface area contributed by atoms with Crippen LogP contribution in [0.2, 0.25) is 0 Å². The first-order valence-corrected chi connectivity index (χ1v) is 20.9. The molecule has 0 saturated carbocycles. The second-order valence-electron chi connectivity index (χ2n) is 14.4. The summed E-state index contributed by atoms with van der Waals surface area (Å²) in [5, 5.41) is 11.7. The van der Waals surface area contributed by atoms with Gasteiger partial charge in [-0.15, -0.1) is 6.58 Å². The summed E-state index contributed by atoms with van der Waals surface area (Å²) in [5.74, 6) is -1.56. The Morgan fingerprint density at radius 3 is 2.47 bits per heavy atom. The van der Waals surface area contributed by atoms with Gasteiger partial charge in [-0.05, 0) is 33.3 Å². The summed E-state index contributed by atoms with van der Waals surface area (Å²) in [6.07, 6.45) is -5.31. The molecule has 2 fully saturated rings. The molecule has 2 saturated heterocycles. The number of ether oxygens (including phenoxy) is 4. The van der Waals surface area contributed by atoms with E-state index in [2.05, 4.69) is 31.0 Å². The number of imidazole rings is 1. The van der Waals surface area contributed by atoms with E-state index in [-0.39, 0.29) is 42.2 Å². The number of phosphoric ester groups is 2. The monoisotopic (exact) mass is 875 g/mol. The largest absolute Gasteiger partial charge is 0.472 e. The number of anilines is 2.